The summed E-state index contributed by atoms with van der Waals surface area (Å²) in [5.74, 6) is 0.761. The molecule has 1 aromatic heterocycles. The Bertz CT molecular complexity index is 998. The normalized spacial score (nSPS) is 10.9. The van der Waals surface area contributed by atoms with Gasteiger partial charge in [-0.1, -0.05) is 59.2 Å². The molecule has 0 radical (unpaired) electrons. The zero-order chi connectivity index (χ0) is 20.3. The van der Waals surface area contributed by atoms with Gasteiger partial charge in [-0.05, 0) is 31.5 Å². The predicted molar refractivity (Wildman–Crippen MR) is 116 cm³/mol. The molecule has 0 unspecified atom stereocenters. The van der Waals surface area contributed by atoms with Crippen molar-refractivity contribution >= 4 is 52.2 Å². The molecule has 0 aliphatic heterocycles. The summed E-state index contributed by atoms with van der Waals surface area (Å²) in [6.45, 7) is 4.75. The van der Waals surface area contributed by atoms with Crippen molar-refractivity contribution in [1.82, 2.24) is 14.8 Å². The molecule has 2 aromatic carbocycles. The fourth-order valence-electron chi connectivity index (χ4n) is 2.69. The first-order valence-electron chi connectivity index (χ1n) is 8.57. The first-order chi connectivity index (χ1) is 13.4. The largest absolute Gasteiger partial charge is 0.396 e. The number of aryl methyl sites for hydroxylation is 1. The molecule has 6 nitrogen and oxygen atoms in total. The molecule has 0 atom stereocenters. The van der Waals surface area contributed by atoms with E-state index in [1.807, 2.05) is 42.7 Å². The van der Waals surface area contributed by atoms with E-state index in [0.29, 0.717) is 27.4 Å². The van der Waals surface area contributed by atoms with E-state index in [9.17, 15) is 4.79 Å². The van der Waals surface area contributed by atoms with Gasteiger partial charge in [-0.15, -0.1) is 10.2 Å². The zero-order valence-corrected chi connectivity index (χ0v) is 17.7. The molecule has 0 saturated carbocycles. The average Bonchev–Trinajstić information content (AvgIpc) is 3.07. The molecule has 0 aliphatic carbocycles. The molecule has 9 heteroatoms. The number of nitrogens with two attached hydrogens (primary N) is 1. The summed E-state index contributed by atoms with van der Waals surface area (Å²) in [5, 5.41) is 12.6. The van der Waals surface area contributed by atoms with E-state index in [2.05, 4.69) is 15.5 Å². The van der Waals surface area contributed by atoms with Gasteiger partial charge in [0.05, 0.1) is 21.5 Å². The third-order valence-corrected chi connectivity index (χ3v) is 5.71. The number of hydrogen-bond donors (Lipinski definition) is 2. The highest BCUT2D eigenvalue weighted by atomic mass is 35.5. The Morgan fingerprint density at radius 2 is 1.89 bits per heavy atom. The molecule has 0 aliphatic rings. The summed E-state index contributed by atoms with van der Waals surface area (Å²) < 4.78 is 2.00. The van der Waals surface area contributed by atoms with Crippen LogP contribution in [0.2, 0.25) is 10.0 Å². The third kappa shape index (κ3) is 4.43. The lowest BCUT2D eigenvalue weighted by Crippen LogP contribution is -2.15. The van der Waals surface area contributed by atoms with Crippen molar-refractivity contribution in [2.75, 3.05) is 16.8 Å². The highest BCUT2D eigenvalue weighted by molar-refractivity contribution is 7.99. The van der Waals surface area contributed by atoms with E-state index in [1.165, 1.54) is 11.8 Å². The summed E-state index contributed by atoms with van der Waals surface area (Å²) in [5.41, 5.74) is 8.64. The maximum Gasteiger partial charge on any atom is 0.234 e. The van der Waals surface area contributed by atoms with Crippen LogP contribution in [0.3, 0.4) is 0 Å². The van der Waals surface area contributed by atoms with Crippen LogP contribution in [0.15, 0.2) is 41.6 Å². The van der Waals surface area contributed by atoms with Gasteiger partial charge in [0.25, 0.3) is 0 Å². The Hall–Kier alpha value is -2.22. The first-order valence-corrected chi connectivity index (χ1v) is 10.3. The Labute approximate surface area is 177 Å². The summed E-state index contributed by atoms with van der Waals surface area (Å²) in [4.78, 5) is 12.3. The van der Waals surface area contributed by atoms with E-state index in [0.717, 1.165) is 17.0 Å². The molecular formula is C19H19Cl2N5OS. The standard InChI is InChI=1S/C19H19Cl2N5OS/c1-3-26-18(13-7-5-4-6-11(13)2)24-25-19(26)28-10-16(27)23-12-8-14(20)17(22)15(21)9-12/h4-9H,3,10,22H2,1-2H3,(H,23,27). The Kier molecular flexibility index (Phi) is 6.49. The van der Waals surface area contributed by atoms with E-state index in [4.69, 9.17) is 28.9 Å². The number of aromatic nitrogens is 3. The van der Waals surface area contributed by atoms with Gasteiger partial charge in [-0.25, -0.2) is 0 Å². The molecule has 28 heavy (non-hydrogen) atoms. The number of nitrogen functional groups attached to an aromatic ring is 1. The minimum absolute atomic E-state index is 0.172. The summed E-state index contributed by atoms with van der Waals surface area (Å²) >= 11 is 13.3. The number of rotatable bonds is 6. The second-order valence-corrected chi connectivity index (χ2v) is 7.81. The van der Waals surface area contributed by atoms with Crippen LogP contribution in [-0.2, 0) is 11.3 Å². The van der Waals surface area contributed by atoms with Crippen LogP contribution in [0.4, 0.5) is 11.4 Å². The van der Waals surface area contributed by atoms with Gasteiger partial charge in [0, 0.05) is 17.8 Å². The predicted octanol–water partition coefficient (Wildman–Crippen LogP) is 4.89. The quantitative estimate of drug-likeness (QED) is 0.424. The van der Waals surface area contributed by atoms with E-state index in [-0.39, 0.29) is 17.3 Å². The smallest absolute Gasteiger partial charge is 0.234 e. The van der Waals surface area contributed by atoms with Crippen LogP contribution >= 0.6 is 35.0 Å². The van der Waals surface area contributed by atoms with Crippen LogP contribution < -0.4 is 11.1 Å². The number of carbonyl (C=O) groups is 1. The van der Waals surface area contributed by atoms with E-state index < -0.39 is 0 Å². The molecule has 1 heterocycles. The Morgan fingerprint density at radius 1 is 1.21 bits per heavy atom. The number of hydrogen-bond acceptors (Lipinski definition) is 5. The van der Waals surface area contributed by atoms with E-state index >= 15 is 0 Å². The summed E-state index contributed by atoms with van der Waals surface area (Å²) in [7, 11) is 0. The van der Waals surface area contributed by atoms with Crippen molar-refractivity contribution < 1.29 is 4.79 Å². The average molecular weight is 436 g/mol. The molecule has 3 rings (SSSR count). The summed E-state index contributed by atoms with van der Waals surface area (Å²) in [6, 6.07) is 11.1. The highest BCUT2D eigenvalue weighted by Crippen LogP contribution is 2.31. The SMILES string of the molecule is CCn1c(SCC(=O)Nc2cc(Cl)c(N)c(Cl)c2)nnc1-c1ccccc1C. The molecule has 3 aromatic rings. The molecule has 0 bridgehead atoms. The first kappa shape index (κ1) is 20.5. The summed E-state index contributed by atoms with van der Waals surface area (Å²) in [6.07, 6.45) is 0. The lowest BCUT2D eigenvalue weighted by Gasteiger charge is -2.10. The van der Waals surface area contributed by atoms with Gasteiger partial charge >= 0.3 is 0 Å². The Morgan fingerprint density at radius 3 is 2.54 bits per heavy atom. The monoisotopic (exact) mass is 435 g/mol. The van der Waals surface area contributed by atoms with Crippen LogP contribution in [0.1, 0.15) is 12.5 Å². The maximum atomic E-state index is 12.3. The number of halogens is 2. The van der Waals surface area contributed by atoms with Crippen molar-refractivity contribution in [3.8, 4) is 11.4 Å². The number of anilines is 2. The fourth-order valence-corrected chi connectivity index (χ4v) is 3.98. The number of nitrogens with zero attached hydrogens (tertiary/aromatic N) is 3. The Balaban J connectivity index is 1.71. The molecule has 1 amide bonds. The van der Waals surface area contributed by atoms with Crippen LogP contribution in [0.25, 0.3) is 11.4 Å². The van der Waals surface area contributed by atoms with Crippen LogP contribution in [-0.4, -0.2) is 26.4 Å². The molecular weight excluding hydrogens is 417 g/mol. The van der Waals surface area contributed by atoms with Crippen molar-refractivity contribution in [2.45, 2.75) is 25.5 Å². The molecule has 146 valence electrons. The van der Waals surface area contributed by atoms with Gasteiger partial charge in [0.2, 0.25) is 5.91 Å². The molecule has 0 fully saturated rings. The van der Waals surface area contributed by atoms with Crippen LogP contribution in [0.5, 0.6) is 0 Å². The minimum atomic E-state index is -0.204. The van der Waals surface area contributed by atoms with Crippen LogP contribution in [0, 0.1) is 6.92 Å². The lowest BCUT2D eigenvalue weighted by atomic mass is 10.1. The van der Waals surface area contributed by atoms with Gasteiger partial charge in [-0.2, -0.15) is 0 Å². The van der Waals surface area contributed by atoms with Gasteiger partial charge in [0.1, 0.15) is 0 Å². The molecule has 0 spiro atoms. The van der Waals surface area contributed by atoms with Gasteiger partial charge in [-0.3, -0.25) is 4.79 Å². The van der Waals surface area contributed by atoms with Crippen molar-refractivity contribution in [2.24, 2.45) is 0 Å². The highest BCUT2D eigenvalue weighted by Gasteiger charge is 2.16. The second-order valence-electron chi connectivity index (χ2n) is 6.06. The maximum absolute atomic E-state index is 12.3. The zero-order valence-electron chi connectivity index (χ0n) is 15.4. The van der Waals surface area contributed by atoms with Crippen molar-refractivity contribution in [3.63, 3.8) is 0 Å². The van der Waals surface area contributed by atoms with Crippen molar-refractivity contribution in [1.29, 1.82) is 0 Å². The molecule has 3 N–H and O–H groups in total. The number of amides is 1. The number of thioether (sulfide) groups is 1. The van der Waals surface area contributed by atoms with Gasteiger partial charge in [0.15, 0.2) is 11.0 Å². The number of carbonyl (C=O) groups excluding carboxylic acids is 1. The fraction of sp³-hybridized carbons (Fsp3) is 0.211. The van der Waals surface area contributed by atoms with E-state index in [1.54, 1.807) is 12.1 Å². The number of benzene rings is 2. The number of nitrogens with one attached hydrogen (secondary N) is 1. The topological polar surface area (TPSA) is 85.8 Å². The second kappa shape index (κ2) is 8.86. The minimum Gasteiger partial charge on any atom is -0.396 e. The van der Waals surface area contributed by atoms with Crippen molar-refractivity contribution in [3.05, 3.63) is 52.0 Å². The van der Waals surface area contributed by atoms with Gasteiger partial charge < -0.3 is 15.6 Å². The lowest BCUT2D eigenvalue weighted by molar-refractivity contribution is -0.113. The molecule has 0 saturated heterocycles. The third-order valence-electron chi connectivity index (χ3n) is 4.11.